The molecule has 2 aliphatic heterocycles. The highest BCUT2D eigenvalue weighted by atomic mass is 28.3. The molecule has 3 heterocycles. The van der Waals surface area contributed by atoms with Crippen molar-refractivity contribution in [2.45, 2.75) is 46.1 Å². The summed E-state index contributed by atoms with van der Waals surface area (Å²) >= 11 is 0. The molecule has 0 atom stereocenters. The van der Waals surface area contributed by atoms with Crippen LogP contribution in [0.1, 0.15) is 56.2 Å². The molecule has 0 fully saturated rings. The molecule has 0 bridgehead atoms. The number of hydrogen-bond acceptors (Lipinski definition) is 1. The van der Waals surface area contributed by atoms with Crippen LogP contribution in [0.5, 0.6) is 0 Å². The number of hydrogen-bond donors (Lipinski definition) is 0. The molecule has 0 spiro atoms. The molecule has 2 aliphatic rings. The number of rotatable bonds is 5. The van der Waals surface area contributed by atoms with Crippen molar-refractivity contribution in [1.82, 2.24) is 4.57 Å². The Morgan fingerprint density at radius 2 is 1.22 bits per heavy atom. The van der Waals surface area contributed by atoms with E-state index in [-0.39, 0.29) is 0 Å². The number of aromatic nitrogens is 2. The summed E-state index contributed by atoms with van der Waals surface area (Å²) < 4.78 is 4.95. The third kappa shape index (κ3) is 3.91. The van der Waals surface area contributed by atoms with Crippen LogP contribution in [0.15, 0.2) is 128 Å². The first-order valence-electron chi connectivity index (χ1n) is 16.3. The van der Waals surface area contributed by atoms with E-state index in [2.05, 4.69) is 176 Å². The van der Waals surface area contributed by atoms with Gasteiger partial charge in [-0.15, -0.1) is 0 Å². The van der Waals surface area contributed by atoms with E-state index in [1.54, 1.807) is 0 Å². The normalized spacial score (nSPS) is 14.3. The number of benzene rings is 5. The minimum Gasteiger partial charge on any atom is -0.344 e. The molecule has 45 heavy (non-hydrogen) atoms. The highest BCUT2D eigenvalue weighted by molar-refractivity contribution is 7.21. The van der Waals surface area contributed by atoms with Crippen LogP contribution in [-0.4, -0.2) is 19.7 Å². The van der Waals surface area contributed by atoms with E-state index in [0.29, 0.717) is 11.8 Å². The molecule has 222 valence electrons. The molecule has 0 aliphatic carbocycles. The van der Waals surface area contributed by atoms with Gasteiger partial charge < -0.3 is 4.90 Å². The first-order chi connectivity index (χ1) is 21.9. The summed E-state index contributed by atoms with van der Waals surface area (Å²) in [6.07, 6.45) is 4.58. The van der Waals surface area contributed by atoms with Crippen LogP contribution >= 0.6 is 0 Å². The van der Waals surface area contributed by atoms with Crippen molar-refractivity contribution < 1.29 is 4.57 Å². The predicted molar refractivity (Wildman–Crippen MR) is 190 cm³/mol. The largest absolute Gasteiger partial charge is 0.344 e. The molecule has 0 saturated heterocycles. The molecule has 0 amide bonds. The standard InChI is InChI=1S/C41H40N3Si/c1-28(2)32-19-14-20-33(29(3)4)39(32)44-26-25-43-27-35-34(41(43)44)23-24-38-40(35)42(5)36-21-12-13-22-37(36)45(38,30-15-8-6-9-16-30)31-17-10-7-11-18-31/h6-26,28-29H,27H2,1-5H3/q+1. The smallest absolute Gasteiger partial charge is 0.294 e. The molecule has 0 saturated carbocycles. The molecule has 4 heteroatoms. The Morgan fingerprint density at radius 3 is 1.84 bits per heavy atom. The molecule has 1 aromatic heterocycles. The molecular weight excluding hydrogens is 563 g/mol. The molecule has 8 rings (SSSR count). The summed E-state index contributed by atoms with van der Waals surface area (Å²) in [7, 11) is -0.350. The monoisotopic (exact) mass is 602 g/mol. The first kappa shape index (κ1) is 27.8. The fourth-order valence-electron chi connectivity index (χ4n) is 8.18. The fourth-order valence-corrected chi connectivity index (χ4v) is 13.4. The van der Waals surface area contributed by atoms with Crippen molar-refractivity contribution in [2.24, 2.45) is 0 Å². The van der Waals surface area contributed by atoms with Crippen molar-refractivity contribution in [3.05, 3.63) is 144 Å². The summed E-state index contributed by atoms with van der Waals surface area (Å²) in [5, 5.41) is 5.79. The maximum Gasteiger partial charge on any atom is 0.294 e. The van der Waals surface area contributed by atoms with Gasteiger partial charge in [-0.1, -0.05) is 131 Å². The van der Waals surface area contributed by atoms with Crippen LogP contribution in [0.25, 0.3) is 17.1 Å². The van der Waals surface area contributed by atoms with E-state index in [9.17, 15) is 0 Å². The average Bonchev–Trinajstić information content (AvgIpc) is 3.65. The van der Waals surface area contributed by atoms with Crippen LogP contribution in [0.3, 0.4) is 0 Å². The van der Waals surface area contributed by atoms with E-state index >= 15 is 0 Å². The average molecular weight is 603 g/mol. The van der Waals surface area contributed by atoms with Crippen molar-refractivity contribution in [3.63, 3.8) is 0 Å². The van der Waals surface area contributed by atoms with Gasteiger partial charge in [0.2, 0.25) is 0 Å². The topological polar surface area (TPSA) is 12.0 Å². The van der Waals surface area contributed by atoms with Gasteiger partial charge in [0.25, 0.3) is 5.82 Å². The number of para-hydroxylation sites is 2. The molecule has 6 aromatic rings. The van der Waals surface area contributed by atoms with E-state index in [4.69, 9.17) is 0 Å². The van der Waals surface area contributed by atoms with Crippen LogP contribution in [-0.2, 0) is 6.54 Å². The van der Waals surface area contributed by atoms with Gasteiger partial charge in [0.15, 0.2) is 8.07 Å². The summed E-state index contributed by atoms with van der Waals surface area (Å²) in [6, 6.07) is 43.6. The van der Waals surface area contributed by atoms with Gasteiger partial charge in [-0.05, 0) is 44.7 Å². The maximum absolute atomic E-state index is 2.63. The second kappa shape index (κ2) is 10.5. The molecule has 5 aromatic carbocycles. The predicted octanol–water partition coefficient (Wildman–Crippen LogP) is 6.50. The van der Waals surface area contributed by atoms with Gasteiger partial charge >= 0.3 is 0 Å². The Labute approximate surface area is 268 Å². The van der Waals surface area contributed by atoms with Gasteiger partial charge in [0, 0.05) is 35.1 Å². The second-order valence-electron chi connectivity index (χ2n) is 13.3. The van der Waals surface area contributed by atoms with Crippen LogP contribution < -0.4 is 30.2 Å². The summed E-state index contributed by atoms with van der Waals surface area (Å²) in [5.74, 6) is 2.14. The number of fused-ring (bicyclic) bond motifs is 6. The molecule has 0 unspecified atom stereocenters. The maximum atomic E-state index is 2.49. The lowest BCUT2D eigenvalue weighted by Crippen LogP contribution is -2.77. The molecule has 0 N–H and O–H groups in total. The summed E-state index contributed by atoms with van der Waals surface area (Å²) in [4.78, 5) is 2.49. The molecule has 3 nitrogen and oxygen atoms in total. The SMILES string of the molecule is CC(C)c1cccc(C(C)C)c1-n1cc[n+]2c1-c1ccc3c(c1C2)N(C)c1ccccc1[Si]3(c1ccccc1)c1ccccc1. The fraction of sp³-hybridized carbons (Fsp3) is 0.195. The van der Waals surface area contributed by atoms with E-state index < -0.39 is 8.07 Å². The zero-order chi connectivity index (χ0) is 30.9. The minimum atomic E-state index is -2.63. The summed E-state index contributed by atoms with van der Waals surface area (Å²) in [5.41, 5.74) is 9.59. The lowest BCUT2D eigenvalue weighted by Gasteiger charge is -2.44. The van der Waals surface area contributed by atoms with Crippen LogP contribution in [0, 0.1) is 0 Å². The summed E-state index contributed by atoms with van der Waals surface area (Å²) in [6.45, 7) is 10.1. The first-order valence-corrected chi connectivity index (χ1v) is 18.3. The number of imidazole rings is 1. The highest BCUT2D eigenvalue weighted by Crippen LogP contribution is 2.41. The third-order valence-corrected chi connectivity index (χ3v) is 15.0. The van der Waals surface area contributed by atoms with Gasteiger partial charge in [-0.2, -0.15) is 4.57 Å². The Hall–Kier alpha value is -4.67. The van der Waals surface area contributed by atoms with Gasteiger partial charge in [-0.3, -0.25) is 0 Å². The van der Waals surface area contributed by atoms with Crippen LogP contribution in [0.2, 0.25) is 0 Å². The van der Waals surface area contributed by atoms with Crippen LogP contribution in [0.4, 0.5) is 11.4 Å². The number of anilines is 2. The van der Waals surface area contributed by atoms with E-state index in [0.717, 1.165) is 6.54 Å². The zero-order valence-electron chi connectivity index (χ0n) is 26.8. The molecular formula is C41H40N3Si+. The molecule has 0 radical (unpaired) electrons. The quantitative estimate of drug-likeness (QED) is 0.162. The Bertz CT molecular complexity index is 1990. The Balaban J connectivity index is 1.43. The lowest BCUT2D eigenvalue weighted by atomic mass is 9.92. The second-order valence-corrected chi connectivity index (χ2v) is 17.0. The minimum absolute atomic E-state index is 0.428. The third-order valence-electron chi connectivity index (χ3n) is 10.2. The highest BCUT2D eigenvalue weighted by Gasteiger charge is 2.50. The van der Waals surface area contributed by atoms with Gasteiger partial charge in [-0.25, -0.2) is 4.57 Å². The number of nitrogens with zero attached hydrogens (tertiary/aromatic N) is 3. The van der Waals surface area contributed by atoms with Crippen molar-refractivity contribution >= 4 is 40.2 Å². The van der Waals surface area contributed by atoms with Gasteiger partial charge in [0.1, 0.15) is 24.6 Å². The van der Waals surface area contributed by atoms with E-state index in [1.165, 1.54) is 65.9 Å². The Kier molecular flexibility index (Phi) is 6.47. The van der Waals surface area contributed by atoms with Crippen molar-refractivity contribution in [1.29, 1.82) is 0 Å². The van der Waals surface area contributed by atoms with Crippen molar-refractivity contribution in [2.75, 3.05) is 11.9 Å². The van der Waals surface area contributed by atoms with Gasteiger partial charge in [0.05, 0.1) is 5.56 Å². The lowest BCUT2D eigenvalue weighted by molar-refractivity contribution is -0.671. The Morgan fingerprint density at radius 1 is 0.622 bits per heavy atom. The zero-order valence-corrected chi connectivity index (χ0v) is 27.8. The van der Waals surface area contributed by atoms with Crippen molar-refractivity contribution in [3.8, 4) is 17.1 Å². The van der Waals surface area contributed by atoms with E-state index in [1.807, 2.05) is 0 Å².